The highest BCUT2D eigenvalue weighted by Crippen LogP contribution is 2.37. The lowest BCUT2D eigenvalue weighted by atomic mass is 9.98. The first kappa shape index (κ1) is 16.4. The molecule has 1 atom stereocenters. The highest BCUT2D eigenvalue weighted by atomic mass is 32.2. The standard InChI is InChI=1S/C22H17N3S/c23-16-26-20-13-11-19(12-14-20)25-22(18-9-5-2-6-10-18)15-21(24-25)17-7-3-1-4-8-17/h1-14,22H,15H2. The normalized spacial score (nSPS) is 16.2. The maximum Gasteiger partial charge on any atom is 0.138 e. The van der Waals surface area contributed by atoms with Crippen molar-refractivity contribution in [2.45, 2.75) is 17.4 Å². The van der Waals surface area contributed by atoms with Crippen molar-refractivity contribution < 1.29 is 0 Å². The first-order valence-electron chi connectivity index (χ1n) is 8.48. The molecule has 1 heterocycles. The number of hydrazone groups is 1. The molecule has 4 rings (SSSR count). The fourth-order valence-corrected chi connectivity index (χ4v) is 3.59. The molecule has 4 heteroatoms. The number of benzene rings is 3. The smallest absolute Gasteiger partial charge is 0.138 e. The molecule has 126 valence electrons. The number of rotatable bonds is 4. The van der Waals surface area contributed by atoms with Gasteiger partial charge in [0.05, 0.1) is 17.4 Å². The molecule has 1 aliphatic heterocycles. The van der Waals surface area contributed by atoms with Gasteiger partial charge in [0.25, 0.3) is 0 Å². The third-order valence-electron chi connectivity index (χ3n) is 4.47. The molecule has 0 radical (unpaired) electrons. The van der Waals surface area contributed by atoms with Crippen molar-refractivity contribution in [2.75, 3.05) is 5.01 Å². The van der Waals surface area contributed by atoms with Crippen molar-refractivity contribution in [3.63, 3.8) is 0 Å². The number of thioether (sulfide) groups is 1. The molecule has 1 unspecified atom stereocenters. The fraction of sp³-hybridized carbons (Fsp3) is 0.0909. The van der Waals surface area contributed by atoms with E-state index in [1.165, 1.54) is 17.3 Å². The molecule has 0 amide bonds. The summed E-state index contributed by atoms with van der Waals surface area (Å²) < 4.78 is 0. The Hall–Kier alpha value is -3.03. The summed E-state index contributed by atoms with van der Waals surface area (Å²) in [4.78, 5) is 0.943. The topological polar surface area (TPSA) is 39.4 Å². The second-order valence-electron chi connectivity index (χ2n) is 6.08. The predicted molar refractivity (Wildman–Crippen MR) is 107 cm³/mol. The molecule has 0 fully saturated rings. The van der Waals surface area contributed by atoms with Crippen LogP contribution < -0.4 is 5.01 Å². The van der Waals surface area contributed by atoms with Crippen LogP contribution in [-0.4, -0.2) is 5.71 Å². The number of nitrogens with zero attached hydrogens (tertiary/aromatic N) is 3. The Kier molecular flexibility index (Phi) is 4.72. The lowest BCUT2D eigenvalue weighted by Gasteiger charge is -2.24. The average molecular weight is 355 g/mol. The molecule has 0 saturated heterocycles. The minimum Gasteiger partial charge on any atom is -0.257 e. The summed E-state index contributed by atoms with van der Waals surface area (Å²) in [7, 11) is 0. The van der Waals surface area contributed by atoms with Gasteiger partial charge in [-0.1, -0.05) is 60.7 Å². The maximum atomic E-state index is 8.83. The number of anilines is 1. The van der Waals surface area contributed by atoms with E-state index in [1.807, 2.05) is 48.5 Å². The summed E-state index contributed by atoms with van der Waals surface area (Å²) >= 11 is 1.17. The number of thiocyanates is 1. The van der Waals surface area contributed by atoms with Crippen LogP contribution in [0, 0.1) is 10.7 Å². The Bertz CT molecular complexity index is 944. The van der Waals surface area contributed by atoms with E-state index < -0.39 is 0 Å². The Balaban J connectivity index is 1.71. The Morgan fingerprint density at radius 3 is 2.19 bits per heavy atom. The van der Waals surface area contributed by atoms with Crippen LogP contribution >= 0.6 is 11.8 Å². The molecule has 3 aromatic carbocycles. The minimum atomic E-state index is 0.167. The van der Waals surface area contributed by atoms with Gasteiger partial charge in [-0.3, -0.25) is 5.01 Å². The van der Waals surface area contributed by atoms with Crippen molar-refractivity contribution in [2.24, 2.45) is 5.10 Å². The predicted octanol–water partition coefficient (Wildman–Crippen LogP) is 5.62. The molecule has 0 N–H and O–H groups in total. The maximum absolute atomic E-state index is 8.83. The second kappa shape index (κ2) is 7.47. The van der Waals surface area contributed by atoms with Crippen molar-refractivity contribution in [3.05, 3.63) is 96.1 Å². The van der Waals surface area contributed by atoms with Gasteiger partial charge in [-0.05, 0) is 47.2 Å². The Morgan fingerprint density at radius 1 is 0.885 bits per heavy atom. The van der Waals surface area contributed by atoms with E-state index in [-0.39, 0.29) is 6.04 Å². The van der Waals surface area contributed by atoms with E-state index in [0.29, 0.717) is 0 Å². The van der Waals surface area contributed by atoms with Crippen LogP contribution in [0.5, 0.6) is 0 Å². The molecule has 3 aromatic rings. The fourth-order valence-electron chi connectivity index (χ4n) is 3.21. The van der Waals surface area contributed by atoms with Crippen LogP contribution in [-0.2, 0) is 0 Å². The Labute approximate surface area is 157 Å². The zero-order chi connectivity index (χ0) is 17.8. The zero-order valence-electron chi connectivity index (χ0n) is 14.1. The third-order valence-corrected chi connectivity index (χ3v) is 5.07. The van der Waals surface area contributed by atoms with Crippen LogP contribution in [0.4, 0.5) is 5.69 Å². The lowest BCUT2D eigenvalue weighted by Crippen LogP contribution is -2.18. The van der Waals surface area contributed by atoms with E-state index in [0.717, 1.165) is 28.3 Å². The molecule has 0 spiro atoms. The minimum absolute atomic E-state index is 0.167. The van der Waals surface area contributed by atoms with Gasteiger partial charge in [-0.15, -0.1) is 0 Å². The lowest BCUT2D eigenvalue weighted by molar-refractivity contribution is 0.708. The van der Waals surface area contributed by atoms with Gasteiger partial charge in [0.15, 0.2) is 0 Å². The van der Waals surface area contributed by atoms with Gasteiger partial charge in [-0.25, -0.2) is 0 Å². The molecule has 1 aliphatic rings. The molecular weight excluding hydrogens is 338 g/mol. The summed E-state index contributed by atoms with van der Waals surface area (Å²) in [6.07, 6.45) is 0.864. The van der Waals surface area contributed by atoms with Crippen LogP contribution in [0.3, 0.4) is 0 Å². The third kappa shape index (κ3) is 3.35. The van der Waals surface area contributed by atoms with Gasteiger partial charge in [0.1, 0.15) is 5.40 Å². The molecule has 0 aromatic heterocycles. The van der Waals surface area contributed by atoms with E-state index >= 15 is 0 Å². The van der Waals surface area contributed by atoms with Crippen molar-refractivity contribution in [1.29, 1.82) is 5.26 Å². The van der Waals surface area contributed by atoms with Crippen LogP contribution in [0.25, 0.3) is 0 Å². The molecule has 0 saturated carbocycles. The molecule has 26 heavy (non-hydrogen) atoms. The van der Waals surface area contributed by atoms with E-state index in [2.05, 4.69) is 46.8 Å². The quantitative estimate of drug-likeness (QED) is 0.451. The highest BCUT2D eigenvalue weighted by Gasteiger charge is 2.29. The van der Waals surface area contributed by atoms with Crippen LogP contribution in [0.1, 0.15) is 23.6 Å². The monoisotopic (exact) mass is 355 g/mol. The summed E-state index contributed by atoms with van der Waals surface area (Å²) in [5, 5.41) is 18.0. The summed E-state index contributed by atoms with van der Waals surface area (Å²) in [5.74, 6) is 0. The highest BCUT2D eigenvalue weighted by molar-refractivity contribution is 8.03. The van der Waals surface area contributed by atoms with E-state index in [1.54, 1.807) is 0 Å². The molecule has 0 bridgehead atoms. The largest absolute Gasteiger partial charge is 0.257 e. The van der Waals surface area contributed by atoms with Crippen molar-refractivity contribution >= 4 is 23.2 Å². The van der Waals surface area contributed by atoms with Gasteiger partial charge >= 0.3 is 0 Å². The summed E-state index contributed by atoms with van der Waals surface area (Å²) in [5.41, 5.74) is 4.53. The molecular formula is C22H17N3S. The van der Waals surface area contributed by atoms with Crippen LogP contribution in [0.2, 0.25) is 0 Å². The van der Waals surface area contributed by atoms with Crippen molar-refractivity contribution in [1.82, 2.24) is 0 Å². The first-order valence-corrected chi connectivity index (χ1v) is 9.30. The van der Waals surface area contributed by atoms with Gasteiger partial charge in [0.2, 0.25) is 0 Å². The van der Waals surface area contributed by atoms with E-state index in [9.17, 15) is 0 Å². The summed E-state index contributed by atoms with van der Waals surface area (Å²) in [6.45, 7) is 0. The van der Waals surface area contributed by atoms with Crippen molar-refractivity contribution in [3.8, 4) is 5.40 Å². The number of hydrogen-bond donors (Lipinski definition) is 0. The summed E-state index contributed by atoms with van der Waals surface area (Å²) in [6, 6.07) is 29.0. The average Bonchev–Trinajstić information content (AvgIpc) is 3.16. The Morgan fingerprint density at radius 2 is 1.54 bits per heavy atom. The first-order chi connectivity index (χ1) is 12.8. The van der Waals surface area contributed by atoms with E-state index in [4.69, 9.17) is 10.4 Å². The second-order valence-corrected chi connectivity index (χ2v) is 6.93. The van der Waals surface area contributed by atoms with Crippen LogP contribution in [0.15, 0.2) is 94.9 Å². The zero-order valence-corrected chi connectivity index (χ0v) is 14.9. The molecule has 0 aliphatic carbocycles. The van der Waals surface area contributed by atoms with Gasteiger partial charge in [0, 0.05) is 11.3 Å². The molecule has 3 nitrogen and oxygen atoms in total. The SMILES string of the molecule is N#CSc1ccc(N2N=C(c3ccccc3)CC2c2ccccc2)cc1. The van der Waals surface area contributed by atoms with Gasteiger partial charge < -0.3 is 0 Å². The van der Waals surface area contributed by atoms with Gasteiger partial charge in [-0.2, -0.15) is 10.4 Å². The number of hydrogen-bond acceptors (Lipinski definition) is 4. The number of nitriles is 1.